The minimum atomic E-state index is -4.33. The van der Waals surface area contributed by atoms with Crippen molar-refractivity contribution < 1.29 is 13.2 Å². The van der Waals surface area contributed by atoms with Gasteiger partial charge in [-0.05, 0) is 18.6 Å². The molecule has 3 N–H and O–H groups in total. The van der Waals surface area contributed by atoms with Crippen LogP contribution in [0.2, 0.25) is 0 Å². The molecule has 14 heavy (non-hydrogen) atoms. The van der Waals surface area contributed by atoms with Gasteiger partial charge in [-0.1, -0.05) is 18.2 Å². The summed E-state index contributed by atoms with van der Waals surface area (Å²) in [6.45, 7) is 1.57. The average Bonchev–Trinajstić information content (AvgIpc) is 2.15. The largest absolute Gasteiger partial charge is 0.416 e. The highest BCUT2D eigenvalue weighted by Gasteiger charge is 2.33. The topological polar surface area (TPSA) is 38.0 Å². The summed E-state index contributed by atoms with van der Waals surface area (Å²) in [6, 6.07) is 4.85. The van der Waals surface area contributed by atoms with Crippen molar-refractivity contribution in [3.05, 3.63) is 35.4 Å². The molecular weight excluding hydrogens is 193 g/mol. The molecule has 0 saturated carbocycles. The number of nitrogens with one attached hydrogen (secondary N) is 1. The molecule has 1 atom stereocenters. The Balaban J connectivity index is 3.16. The second-order valence-electron chi connectivity index (χ2n) is 2.97. The van der Waals surface area contributed by atoms with E-state index in [1.165, 1.54) is 12.1 Å². The zero-order chi connectivity index (χ0) is 10.8. The van der Waals surface area contributed by atoms with Crippen LogP contribution in [0.15, 0.2) is 24.3 Å². The Labute approximate surface area is 79.9 Å². The highest BCUT2D eigenvalue weighted by Crippen LogP contribution is 2.33. The molecule has 0 aromatic heterocycles. The summed E-state index contributed by atoms with van der Waals surface area (Å²) in [5.74, 6) is 5.10. The molecule has 5 heteroatoms. The molecule has 0 spiro atoms. The fourth-order valence-corrected chi connectivity index (χ4v) is 1.22. The zero-order valence-electron chi connectivity index (χ0n) is 7.60. The highest BCUT2D eigenvalue weighted by atomic mass is 19.4. The molecule has 0 fully saturated rings. The predicted molar refractivity (Wildman–Crippen MR) is 47.2 cm³/mol. The molecule has 0 radical (unpaired) electrons. The van der Waals surface area contributed by atoms with Crippen molar-refractivity contribution in [2.75, 3.05) is 0 Å². The van der Waals surface area contributed by atoms with Crippen LogP contribution in [0, 0.1) is 0 Å². The van der Waals surface area contributed by atoms with E-state index in [2.05, 4.69) is 5.43 Å². The molecule has 1 aromatic carbocycles. The molecule has 0 saturated heterocycles. The third kappa shape index (κ3) is 2.24. The predicted octanol–water partition coefficient (Wildman–Crippen LogP) is 2.23. The molecule has 0 unspecified atom stereocenters. The molecule has 1 aromatic rings. The normalized spacial score (nSPS) is 14.1. The third-order valence-electron chi connectivity index (χ3n) is 1.98. The van der Waals surface area contributed by atoms with E-state index in [0.717, 1.165) is 6.07 Å². The summed E-state index contributed by atoms with van der Waals surface area (Å²) >= 11 is 0. The van der Waals surface area contributed by atoms with Gasteiger partial charge in [0.2, 0.25) is 0 Å². The number of benzene rings is 1. The van der Waals surface area contributed by atoms with Gasteiger partial charge >= 0.3 is 6.18 Å². The first-order chi connectivity index (χ1) is 6.46. The number of alkyl halides is 3. The second-order valence-corrected chi connectivity index (χ2v) is 2.97. The van der Waals surface area contributed by atoms with Gasteiger partial charge in [0.1, 0.15) is 0 Å². The van der Waals surface area contributed by atoms with E-state index in [1.54, 1.807) is 13.0 Å². The lowest BCUT2D eigenvalue weighted by Crippen LogP contribution is -2.27. The quantitative estimate of drug-likeness (QED) is 0.572. The number of halogens is 3. The molecule has 0 aliphatic carbocycles. The molecule has 0 bridgehead atoms. The van der Waals surface area contributed by atoms with Gasteiger partial charge < -0.3 is 0 Å². The lowest BCUT2D eigenvalue weighted by atomic mass is 10.0. The molecule has 2 nitrogen and oxygen atoms in total. The van der Waals surface area contributed by atoms with Crippen molar-refractivity contribution in [3.8, 4) is 0 Å². The first-order valence-corrected chi connectivity index (χ1v) is 4.09. The SMILES string of the molecule is C[C@H](NN)c1ccccc1C(F)(F)F. The number of hydrogen-bond donors (Lipinski definition) is 2. The maximum Gasteiger partial charge on any atom is 0.416 e. The molecule has 78 valence electrons. The Morgan fingerprint density at radius 1 is 1.29 bits per heavy atom. The van der Waals surface area contributed by atoms with Gasteiger partial charge in [0.15, 0.2) is 0 Å². The maximum atomic E-state index is 12.5. The fourth-order valence-electron chi connectivity index (χ4n) is 1.22. The van der Waals surface area contributed by atoms with Crippen LogP contribution in [0.1, 0.15) is 24.1 Å². The van der Waals surface area contributed by atoms with E-state index in [4.69, 9.17) is 5.84 Å². The summed E-state index contributed by atoms with van der Waals surface area (Å²) in [4.78, 5) is 0. The van der Waals surface area contributed by atoms with Crippen molar-refractivity contribution in [2.45, 2.75) is 19.1 Å². The smallest absolute Gasteiger partial charge is 0.271 e. The van der Waals surface area contributed by atoms with Crippen LogP contribution in [0.5, 0.6) is 0 Å². The van der Waals surface area contributed by atoms with E-state index >= 15 is 0 Å². The maximum absolute atomic E-state index is 12.5. The molecular formula is C9H11F3N2. The standard InChI is InChI=1S/C9H11F3N2/c1-6(14-13)7-4-2-3-5-8(7)9(10,11)12/h2-6,14H,13H2,1H3/t6-/m0/s1. The van der Waals surface area contributed by atoms with E-state index in [-0.39, 0.29) is 5.56 Å². The first kappa shape index (κ1) is 11.0. The Morgan fingerprint density at radius 3 is 2.36 bits per heavy atom. The lowest BCUT2D eigenvalue weighted by Gasteiger charge is -2.17. The Hall–Kier alpha value is -1.07. The van der Waals surface area contributed by atoms with Crippen LogP contribution in [-0.4, -0.2) is 0 Å². The number of nitrogens with two attached hydrogens (primary N) is 1. The van der Waals surface area contributed by atoms with Crippen LogP contribution in [0.3, 0.4) is 0 Å². The Morgan fingerprint density at radius 2 is 1.86 bits per heavy atom. The van der Waals surface area contributed by atoms with Crippen LogP contribution in [0.4, 0.5) is 13.2 Å². The first-order valence-electron chi connectivity index (χ1n) is 4.09. The second kappa shape index (κ2) is 3.98. The zero-order valence-corrected chi connectivity index (χ0v) is 7.60. The van der Waals surface area contributed by atoms with Gasteiger partial charge in [-0.3, -0.25) is 11.3 Å². The number of rotatable bonds is 2. The van der Waals surface area contributed by atoms with E-state index in [0.29, 0.717) is 0 Å². The van der Waals surface area contributed by atoms with Crippen LogP contribution >= 0.6 is 0 Å². The summed E-state index contributed by atoms with van der Waals surface area (Å²) in [7, 11) is 0. The monoisotopic (exact) mass is 204 g/mol. The van der Waals surface area contributed by atoms with Gasteiger partial charge in [0, 0.05) is 6.04 Å². The number of hydrogen-bond acceptors (Lipinski definition) is 2. The van der Waals surface area contributed by atoms with E-state index in [1.807, 2.05) is 0 Å². The van der Waals surface area contributed by atoms with Crippen LogP contribution in [0.25, 0.3) is 0 Å². The van der Waals surface area contributed by atoms with Crippen molar-refractivity contribution in [1.82, 2.24) is 5.43 Å². The highest BCUT2D eigenvalue weighted by molar-refractivity contribution is 5.31. The average molecular weight is 204 g/mol. The van der Waals surface area contributed by atoms with Crippen molar-refractivity contribution in [2.24, 2.45) is 5.84 Å². The molecule has 0 amide bonds. The molecule has 1 rings (SSSR count). The summed E-state index contributed by atoms with van der Waals surface area (Å²) < 4.78 is 37.4. The van der Waals surface area contributed by atoms with Gasteiger partial charge in [-0.25, -0.2) is 0 Å². The summed E-state index contributed by atoms with van der Waals surface area (Å²) in [5.41, 5.74) is 1.80. The van der Waals surface area contributed by atoms with Crippen LogP contribution < -0.4 is 11.3 Å². The lowest BCUT2D eigenvalue weighted by molar-refractivity contribution is -0.138. The summed E-state index contributed by atoms with van der Waals surface area (Å²) in [5, 5.41) is 0. The van der Waals surface area contributed by atoms with Crippen LogP contribution in [-0.2, 0) is 6.18 Å². The Kier molecular flexibility index (Phi) is 3.13. The van der Waals surface area contributed by atoms with Crippen molar-refractivity contribution in [3.63, 3.8) is 0 Å². The van der Waals surface area contributed by atoms with Crippen molar-refractivity contribution >= 4 is 0 Å². The van der Waals surface area contributed by atoms with Gasteiger partial charge in [0.05, 0.1) is 5.56 Å². The number of hydrazine groups is 1. The van der Waals surface area contributed by atoms with Gasteiger partial charge in [0.25, 0.3) is 0 Å². The van der Waals surface area contributed by atoms with Gasteiger partial charge in [-0.15, -0.1) is 0 Å². The third-order valence-corrected chi connectivity index (χ3v) is 1.98. The van der Waals surface area contributed by atoms with Crippen molar-refractivity contribution in [1.29, 1.82) is 0 Å². The molecule has 0 aliphatic rings. The molecule has 0 heterocycles. The van der Waals surface area contributed by atoms with E-state index in [9.17, 15) is 13.2 Å². The minimum Gasteiger partial charge on any atom is -0.271 e. The molecule has 0 aliphatic heterocycles. The van der Waals surface area contributed by atoms with Gasteiger partial charge in [-0.2, -0.15) is 13.2 Å². The fraction of sp³-hybridized carbons (Fsp3) is 0.333. The Bertz CT molecular complexity index is 309. The summed E-state index contributed by atoms with van der Waals surface area (Å²) in [6.07, 6.45) is -4.33. The minimum absolute atomic E-state index is 0.155. The van der Waals surface area contributed by atoms with E-state index < -0.39 is 17.8 Å².